The topological polar surface area (TPSA) is 411 Å². The molecule has 17 bridgehead atoms. The SMILES string of the molecule is CCCCNc1ccc(NC(=O)[C@H]2NC(=O)[C@H]3NC(=O)[C@H](NC(=O)[C@@H]4NC(=O)[C@H]5NC(=O)[C@@H](Cc6ccc(c(Cl)c6)Oc6cc4cc(c6O)Oc4ccc(cc4Cl)[C@H]3O)NC(=O)[C@H](N)c3ccc(O)c(c3)Oc3cc(O)cc5c3)c3ccc(O)c(c3)-c3c(O)cc(O)cc32)cc1. The molecule has 0 radical (unpaired) electrons. The molecule has 492 valence electrons. The van der Waals surface area contributed by atoms with Gasteiger partial charge in [-0.15, -0.1) is 0 Å². The summed E-state index contributed by atoms with van der Waals surface area (Å²) in [7, 11) is 0. The number of hydrogen-bond donors (Lipinski definition) is 16. The Balaban J connectivity index is 1.04. The van der Waals surface area contributed by atoms with E-state index in [9.17, 15) is 50.1 Å². The van der Waals surface area contributed by atoms with E-state index in [0.717, 1.165) is 67.1 Å². The number of aliphatic hydroxyl groups is 1. The molecule has 26 nitrogen and oxygen atoms in total. The molecular formula is C68H59Cl2N9O17. The summed E-state index contributed by atoms with van der Waals surface area (Å²) < 4.78 is 18.6. The molecule has 0 fully saturated rings. The quantitative estimate of drug-likeness (QED) is 0.0707. The first-order valence-corrected chi connectivity index (χ1v) is 30.7. The summed E-state index contributed by atoms with van der Waals surface area (Å²) in [6.07, 6.45) is -0.623. The van der Waals surface area contributed by atoms with Gasteiger partial charge in [0.1, 0.15) is 88.6 Å². The van der Waals surface area contributed by atoms with Gasteiger partial charge in [-0.2, -0.15) is 0 Å². The number of halogens is 2. The number of nitrogens with two attached hydrogens (primary N) is 1. The van der Waals surface area contributed by atoms with Crippen LogP contribution in [0.1, 0.15) is 95.0 Å². The van der Waals surface area contributed by atoms with E-state index in [-0.39, 0.29) is 89.7 Å². The number of carbonyl (C=O) groups excluding carboxylic acids is 7. The van der Waals surface area contributed by atoms with Gasteiger partial charge in [0.25, 0.3) is 5.91 Å². The van der Waals surface area contributed by atoms with Crippen molar-refractivity contribution in [3.63, 3.8) is 0 Å². The number of fused-ring (bicyclic) bond motifs is 14. The number of aromatic hydroxyl groups is 6. The third-order valence-electron chi connectivity index (χ3n) is 16.5. The molecule has 17 N–H and O–H groups in total. The third-order valence-corrected chi connectivity index (χ3v) is 17.1. The molecule has 6 aliphatic rings. The molecule has 14 rings (SSSR count). The fourth-order valence-corrected chi connectivity index (χ4v) is 12.0. The average Bonchev–Trinajstić information content (AvgIpc) is 0.796. The van der Waals surface area contributed by atoms with Gasteiger partial charge in [0.05, 0.1) is 10.0 Å². The Morgan fingerprint density at radius 2 is 1.12 bits per heavy atom. The standard InChI is InChI=1S/C68H59Cl2N9O17/c1-2-3-16-72-35-8-10-36(11-9-35)73-67(92)58-41-27-38(81)28-47(84)53(41)40-21-31(6-12-45(40)82)55-64(89)79-59(68(93)78-58)60(85)32-7-15-49(43(70)22-32)96-52-25-34-24-51(61(52)86)95-48-14-4-29(17-42(48)69)18-44-62(87)75-56(65(90)77-57(34)66(91)76-55)33-19-37(80)26-39(20-33)94-50-23-30(5-13-46(50)83)54(71)63(88)74-44/h4-15,17,19-28,44,54-60,72,80-86H,2-3,16,18,71H2,1H3,(H,73,92)(H,74,88)(H,75,87)(H,76,91)(H,77,90)(H,78,93)(H,79,89)/t44-,54-,55-,56+,57-,58+,59+,60-/m1/s1. The molecule has 0 aliphatic carbocycles. The van der Waals surface area contributed by atoms with Crippen molar-refractivity contribution in [1.29, 1.82) is 0 Å². The second-order valence-corrected chi connectivity index (χ2v) is 23.9. The zero-order chi connectivity index (χ0) is 68.0. The number of unbranched alkanes of at least 4 members (excludes halogenated alkanes) is 1. The van der Waals surface area contributed by atoms with Crippen LogP contribution in [0, 0.1) is 0 Å². The van der Waals surface area contributed by atoms with E-state index in [0.29, 0.717) is 12.1 Å². The molecule has 8 atom stereocenters. The van der Waals surface area contributed by atoms with Crippen LogP contribution in [0.15, 0.2) is 140 Å². The molecule has 28 heteroatoms. The molecule has 0 aromatic heterocycles. The minimum atomic E-state index is -2.17. The number of phenols is 6. The Bertz CT molecular complexity index is 4520. The first kappa shape index (κ1) is 64.6. The van der Waals surface area contributed by atoms with Crippen LogP contribution < -0.4 is 62.5 Å². The second kappa shape index (κ2) is 26.5. The summed E-state index contributed by atoms with van der Waals surface area (Å²) >= 11 is 13.9. The smallest absolute Gasteiger partial charge is 0.251 e. The Labute approximate surface area is 554 Å². The van der Waals surface area contributed by atoms with Gasteiger partial charge in [0.2, 0.25) is 41.2 Å². The van der Waals surface area contributed by atoms with E-state index in [1.54, 1.807) is 24.3 Å². The summed E-state index contributed by atoms with van der Waals surface area (Å²) in [6, 6.07) is 15.7. The molecule has 6 heterocycles. The monoisotopic (exact) mass is 1340 g/mol. The lowest BCUT2D eigenvalue weighted by atomic mass is 9.89. The number of phenolic OH excluding ortho intramolecular Hbond substituents is 6. The van der Waals surface area contributed by atoms with Crippen molar-refractivity contribution in [3.8, 4) is 80.1 Å². The fourth-order valence-electron chi connectivity index (χ4n) is 11.5. The molecule has 0 saturated heterocycles. The molecule has 6 aliphatic heterocycles. The summed E-state index contributed by atoms with van der Waals surface area (Å²) in [5.41, 5.74) is 5.87. The third kappa shape index (κ3) is 13.3. The number of carbonyl (C=O) groups is 7. The maximum absolute atomic E-state index is 15.9. The highest BCUT2D eigenvalue weighted by Crippen LogP contribution is 2.48. The van der Waals surface area contributed by atoms with Crippen LogP contribution in [0.5, 0.6) is 69.0 Å². The van der Waals surface area contributed by atoms with Crippen LogP contribution >= 0.6 is 23.2 Å². The highest BCUT2D eigenvalue weighted by Gasteiger charge is 2.41. The van der Waals surface area contributed by atoms with Crippen molar-refractivity contribution in [1.82, 2.24) is 31.9 Å². The molecule has 8 aromatic carbocycles. The predicted molar refractivity (Wildman–Crippen MR) is 346 cm³/mol. The Hall–Kier alpha value is -11.5. The number of benzene rings is 8. The van der Waals surface area contributed by atoms with E-state index in [4.69, 9.17) is 43.1 Å². The van der Waals surface area contributed by atoms with E-state index >= 15 is 19.2 Å². The van der Waals surface area contributed by atoms with Crippen molar-refractivity contribution in [3.05, 3.63) is 189 Å². The maximum Gasteiger partial charge on any atom is 0.251 e. The van der Waals surface area contributed by atoms with Crippen LogP contribution in [0.3, 0.4) is 0 Å². The first-order valence-electron chi connectivity index (χ1n) is 29.9. The van der Waals surface area contributed by atoms with E-state index < -0.39 is 136 Å². The number of hydrogen-bond acceptors (Lipinski definition) is 19. The lowest BCUT2D eigenvalue weighted by molar-refractivity contribution is -0.137. The minimum Gasteiger partial charge on any atom is -0.508 e. The van der Waals surface area contributed by atoms with Crippen molar-refractivity contribution in [2.24, 2.45) is 5.73 Å². The number of anilines is 2. The summed E-state index contributed by atoms with van der Waals surface area (Å²) in [5, 5.41) is 103. The lowest BCUT2D eigenvalue weighted by Crippen LogP contribution is -2.55. The zero-order valence-corrected chi connectivity index (χ0v) is 51.8. The maximum atomic E-state index is 15.9. The second-order valence-electron chi connectivity index (χ2n) is 23.1. The molecular weight excluding hydrogens is 1290 g/mol. The summed E-state index contributed by atoms with van der Waals surface area (Å²) in [6.45, 7) is 2.71. The Morgan fingerprint density at radius 3 is 1.81 bits per heavy atom. The van der Waals surface area contributed by atoms with Crippen LogP contribution in [-0.2, 0) is 40.0 Å². The number of aliphatic hydroxyl groups excluding tert-OH is 1. The molecule has 7 amide bonds. The zero-order valence-electron chi connectivity index (χ0n) is 50.3. The molecule has 0 unspecified atom stereocenters. The van der Waals surface area contributed by atoms with E-state index in [1.807, 2.05) is 6.92 Å². The molecule has 0 saturated carbocycles. The molecule has 0 spiro atoms. The average molecular weight is 1350 g/mol. The number of nitrogens with one attached hydrogen (secondary N) is 8. The van der Waals surface area contributed by atoms with Gasteiger partial charge in [0, 0.05) is 47.6 Å². The predicted octanol–water partition coefficient (Wildman–Crippen LogP) is 7.75. The molecule has 96 heavy (non-hydrogen) atoms. The molecule has 8 aromatic rings. The highest BCUT2D eigenvalue weighted by atomic mass is 35.5. The van der Waals surface area contributed by atoms with Crippen LogP contribution in [0.2, 0.25) is 10.0 Å². The largest absolute Gasteiger partial charge is 0.508 e. The minimum absolute atomic E-state index is 0.121. The fraction of sp³-hybridized carbons (Fsp3) is 0.191. The van der Waals surface area contributed by atoms with Gasteiger partial charge < -0.3 is 98.2 Å². The lowest BCUT2D eigenvalue weighted by Gasteiger charge is -2.31. The first-order chi connectivity index (χ1) is 46.0. The van der Waals surface area contributed by atoms with Crippen molar-refractivity contribution in [2.45, 2.75) is 74.6 Å². The van der Waals surface area contributed by atoms with Gasteiger partial charge in [-0.3, -0.25) is 33.6 Å². The summed E-state index contributed by atoms with van der Waals surface area (Å²) in [4.78, 5) is 106. The number of amides is 7. The number of ether oxygens (including phenoxy) is 3. The van der Waals surface area contributed by atoms with Crippen LogP contribution in [0.4, 0.5) is 11.4 Å². The van der Waals surface area contributed by atoms with Gasteiger partial charge in [-0.25, -0.2) is 0 Å². The van der Waals surface area contributed by atoms with Gasteiger partial charge in [-0.1, -0.05) is 60.8 Å². The van der Waals surface area contributed by atoms with Gasteiger partial charge in [-0.05, 0) is 148 Å². The highest BCUT2D eigenvalue weighted by molar-refractivity contribution is 6.32. The van der Waals surface area contributed by atoms with Gasteiger partial charge in [0.15, 0.2) is 23.0 Å². The van der Waals surface area contributed by atoms with Crippen molar-refractivity contribution in [2.75, 3.05) is 17.2 Å². The van der Waals surface area contributed by atoms with Crippen molar-refractivity contribution < 1.29 is 83.5 Å². The Morgan fingerprint density at radius 1 is 0.531 bits per heavy atom. The number of rotatable bonds is 6. The normalized spacial score (nSPS) is 20.8. The van der Waals surface area contributed by atoms with E-state index in [2.05, 4.69) is 42.5 Å². The van der Waals surface area contributed by atoms with Crippen LogP contribution in [0.25, 0.3) is 11.1 Å². The summed E-state index contributed by atoms with van der Waals surface area (Å²) in [5.74, 6) is -13.6. The van der Waals surface area contributed by atoms with E-state index in [1.165, 1.54) is 66.7 Å². The van der Waals surface area contributed by atoms with Crippen LogP contribution in [-0.4, -0.2) is 95.7 Å². The Kier molecular flexibility index (Phi) is 17.9. The van der Waals surface area contributed by atoms with Gasteiger partial charge >= 0.3 is 0 Å². The van der Waals surface area contributed by atoms with Crippen molar-refractivity contribution >= 4 is 75.9 Å².